The van der Waals surface area contributed by atoms with Crippen LogP contribution in [0.2, 0.25) is 5.02 Å². The van der Waals surface area contributed by atoms with E-state index in [1.165, 1.54) is 22.8 Å². The van der Waals surface area contributed by atoms with Gasteiger partial charge in [-0.05, 0) is 43.2 Å². The first-order chi connectivity index (χ1) is 15.3. The molecule has 3 rings (SSSR count). The van der Waals surface area contributed by atoms with E-state index in [9.17, 15) is 18.8 Å². The molecule has 0 atom stereocenters. The number of halogens is 2. The number of aromatic nitrogens is 2. The number of hydrogen-bond donors (Lipinski definition) is 2. The number of fused-ring (bicyclic) bond motifs is 1. The number of hydrogen-bond acceptors (Lipinski definition) is 5. The van der Waals surface area contributed by atoms with Gasteiger partial charge >= 0.3 is 0 Å². The Balaban J connectivity index is 1.75. The molecule has 3 N–H and O–H groups in total. The molecule has 1 heterocycles. The third kappa shape index (κ3) is 6.30. The van der Waals surface area contributed by atoms with E-state index in [0.29, 0.717) is 46.9 Å². The van der Waals surface area contributed by atoms with E-state index >= 15 is 0 Å². The van der Waals surface area contributed by atoms with Gasteiger partial charge in [0, 0.05) is 18.0 Å². The molecular weight excluding hydrogens is 455 g/mol. The number of thioether (sulfide) groups is 1. The van der Waals surface area contributed by atoms with Crippen LogP contribution in [-0.2, 0) is 16.1 Å². The average molecular weight is 477 g/mol. The van der Waals surface area contributed by atoms with Gasteiger partial charge in [0.05, 0.1) is 22.3 Å². The molecule has 0 aliphatic heterocycles. The Morgan fingerprint density at radius 3 is 2.72 bits per heavy atom. The number of benzene rings is 2. The number of unbranched alkanes of at least 4 members (excludes halogenated alkanes) is 2. The van der Waals surface area contributed by atoms with Crippen LogP contribution in [-0.4, -0.2) is 27.1 Å². The summed E-state index contributed by atoms with van der Waals surface area (Å²) in [5.41, 5.74) is 5.48. The fourth-order valence-corrected chi connectivity index (χ4v) is 4.11. The second-order valence-corrected chi connectivity index (χ2v) is 8.49. The number of carbonyl (C=O) groups excluding carboxylic acids is 2. The molecule has 32 heavy (non-hydrogen) atoms. The van der Waals surface area contributed by atoms with E-state index in [1.54, 1.807) is 24.3 Å². The quantitative estimate of drug-likeness (QED) is 0.261. The van der Waals surface area contributed by atoms with Crippen LogP contribution in [0.3, 0.4) is 0 Å². The van der Waals surface area contributed by atoms with Gasteiger partial charge in [-0.15, -0.1) is 0 Å². The molecular formula is C22H22ClFN4O3S. The van der Waals surface area contributed by atoms with Gasteiger partial charge in [-0.25, -0.2) is 9.37 Å². The molecule has 1 aromatic heterocycles. The van der Waals surface area contributed by atoms with Gasteiger partial charge in [0.1, 0.15) is 5.82 Å². The maximum absolute atomic E-state index is 13.9. The molecule has 0 saturated heterocycles. The summed E-state index contributed by atoms with van der Waals surface area (Å²) in [6.07, 6.45) is 2.31. The number of amides is 2. The van der Waals surface area contributed by atoms with Crippen LogP contribution in [0.1, 0.15) is 25.7 Å². The Morgan fingerprint density at radius 2 is 1.94 bits per heavy atom. The number of rotatable bonds is 10. The minimum Gasteiger partial charge on any atom is -0.370 e. The maximum Gasteiger partial charge on any atom is 0.262 e. The van der Waals surface area contributed by atoms with Crippen molar-refractivity contribution in [2.75, 3.05) is 11.1 Å². The average Bonchev–Trinajstić information content (AvgIpc) is 2.76. The predicted molar refractivity (Wildman–Crippen MR) is 124 cm³/mol. The van der Waals surface area contributed by atoms with Crippen LogP contribution in [0.4, 0.5) is 10.1 Å². The van der Waals surface area contributed by atoms with Gasteiger partial charge in [0.25, 0.3) is 5.56 Å². The molecule has 0 aliphatic carbocycles. The van der Waals surface area contributed by atoms with E-state index in [4.69, 9.17) is 17.3 Å². The fraction of sp³-hybridized carbons (Fsp3) is 0.273. The van der Waals surface area contributed by atoms with E-state index < -0.39 is 11.7 Å². The second-order valence-electron chi connectivity index (χ2n) is 7.11. The normalized spacial score (nSPS) is 10.9. The van der Waals surface area contributed by atoms with Crippen molar-refractivity contribution in [2.24, 2.45) is 5.73 Å². The topological polar surface area (TPSA) is 107 Å². The third-order valence-corrected chi connectivity index (χ3v) is 5.88. The Hall–Kier alpha value is -2.91. The van der Waals surface area contributed by atoms with Gasteiger partial charge < -0.3 is 11.1 Å². The Bertz CT molecular complexity index is 1200. The van der Waals surface area contributed by atoms with Gasteiger partial charge in [0.15, 0.2) is 5.16 Å². The molecule has 0 aliphatic rings. The lowest BCUT2D eigenvalue weighted by Crippen LogP contribution is -2.24. The van der Waals surface area contributed by atoms with Gasteiger partial charge in [-0.1, -0.05) is 41.9 Å². The fourth-order valence-electron chi connectivity index (χ4n) is 3.11. The second kappa shape index (κ2) is 11.1. The van der Waals surface area contributed by atoms with Crippen molar-refractivity contribution in [1.82, 2.24) is 9.55 Å². The van der Waals surface area contributed by atoms with Crippen molar-refractivity contribution in [3.63, 3.8) is 0 Å². The summed E-state index contributed by atoms with van der Waals surface area (Å²) in [6, 6.07) is 10.9. The molecule has 7 nitrogen and oxygen atoms in total. The highest BCUT2D eigenvalue weighted by atomic mass is 35.5. The van der Waals surface area contributed by atoms with E-state index in [-0.39, 0.29) is 22.9 Å². The first kappa shape index (κ1) is 23.7. The van der Waals surface area contributed by atoms with E-state index in [2.05, 4.69) is 10.3 Å². The third-order valence-electron chi connectivity index (χ3n) is 4.67. The van der Waals surface area contributed by atoms with Crippen molar-refractivity contribution < 1.29 is 14.0 Å². The zero-order valence-corrected chi connectivity index (χ0v) is 18.7. The monoisotopic (exact) mass is 476 g/mol. The molecule has 0 spiro atoms. The van der Waals surface area contributed by atoms with Crippen molar-refractivity contribution in [3.8, 4) is 0 Å². The lowest BCUT2D eigenvalue weighted by molar-refractivity contribution is -0.118. The summed E-state index contributed by atoms with van der Waals surface area (Å²) in [5.74, 6) is -1.47. The first-order valence-electron chi connectivity index (χ1n) is 10.0. The molecule has 0 fully saturated rings. The molecule has 0 bridgehead atoms. The summed E-state index contributed by atoms with van der Waals surface area (Å²) >= 11 is 6.95. The molecule has 10 heteroatoms. The van der Waals surface area contributed by atoms with Gasteiger partial charge in [-0.3, -0.25) is 19.0 Å². The predicted octanol–water partition coefficient (Wildman–Crippen LogP) is 3.97. The van der Waals surface area contributed by atoms with E-state index in [0.717, 1.165) is 18.2 Å². The summed E-state index contributed by atoms with van der Waals surface area (Å²) in [7, 11) is 0. The Labute approximate surface area is 193 Å². The largest absolute Gasteiger partial charge is 0.370 e. The summed E-state index contributed by atoms with van der Waals surface area (Å²) in [5, 5.41) is 3.67. The minimum absolute atomic E-state index is 0.0126. The standard InChI is InChI=1S/C22H22ClFN4O3S/c23-14-9-10-16(24)18(12-14)26-20(30)13-32-22-27-17-7-4-3-6-15(17)21(31)28(22)11-5-1-2-8-19(25)29/h3-4,6-7,9-10,12H,1-2,5,8,11,13H2,(H2,25,29)(H,26,30). The molecule has 2 amide bonds. The maximum atomic E-state index is 13.9. The smallest absolute Gasteiger partial charge is 0.262 e. The zero-order valence-electron chi connectivity index (χ0n) is 17.1. The van der Waals surface area contributed by atoms with Crippen LogP contribution in [0.25, 0.3) is 10.9 Å². The van der Waals surface area contributed by atoms with Crippen LogP contribution >= 0.6 is 23.4 Å². The SMILES string of the molecule is NC(=O)CCCCCn1c(SCC(=O)Nc2cc(Cl)ccc2F)nc2ccccc2c1=O. The zero-order chi connectivity index (χ0) is 23.1. The number of para-hydroxylation sites is 1. The number of nitrogens with two attached hydrogens (primary N) is 1. The Morgan fingerprint density at radius 1 is 1.16 bits per heavy atom. The molecule has 0 unspecified atom stereocenters. The molecule has 2 aromatic carbocycles. The van der Waals surface area contributed by atoms with Crippen molar-refractivity contribution in [2.45, 2.75) is 37.4 Å². The first-order valence-corrected chi connectivity index (χ1v) is 11.4. The van der Waals surface area contributed by atoms with Crippen molar-refractivity contribution >= 4 is 51.8 Å². The van der Waals surface area contributed by atoms with Gasteiger partial charge in [0.2, 0.25) is 11.8 Å². The summed E-state index contributed by atoms with van der Waals surface area (Å²) < 4.78 is 15.4. The van der Waals surface area contributed by atoms with Crippen LogP contribution in [0, 0.1) is 5.82 Å². The molecule has 0 saturated carbocycles. The number of nitrogens with one attached hydrogen (secondary N) is 1. The lowest BCUT2D eigenvalue weighted by atomic mass is 10.2. The number of nitrogens with zero attached hydrogens (tertiary/aromatic N) is 2. The number of anilines is 1. The molecule has 168 valence electrons. The number of carbonyl (C=O) groups is 2. The molecule has 0 radical (unpaired) electrons. The van der Waals surface area contributed by atoms with Gasteiger partial charge in [-0.2, -0.15) is 0 Å². The highest BCUT2D eigenvalue weighted by molar-refractivity contribution is 7.99. The van der Waals surface area contributed by atoms with Crippen molar-refractivity contribution in [3.05, 3.63) is 63.7 Å². The van der Waals surface area contributed by atoms with Crippen LogP contribution < -0.4 is 16.6 Å². The summed E-state index contributed by atoms with van der Waals surface area (Å²) in [6.45, 7) is 0.391. The van der Waals surface area contributed by atoms with E-state index in [1.807, 2.05) is 0 Å². The minimum atomic E-state index is -0.593. The molecule has 3 aromatic rings. The van der Waals surface area contributed by atoms with Crippen LogP contribution in [0.15, 0.2) is 52.4 Å². The highest BCUT2D eigenvalue weighted by Gasteiger charge is 2.14. The van der Waals surface area contributed by atoms with Crippen LogP contribution in [0.5, 0.6) is 0 Å². The lowest BCUT2D eigenvalue weighted by Gasteiger charge is -2.13. The van der Waals surface area contributed by atoms with Crippen molar-refractivity contribution in [1.29, 1.82) is 0 Å². The Kier molecular flexibility index (Phi) is 8.24. The number of primary amides is 1. The summed E-state index contributed by atoms with van der Waals surface area (Å²) in [4.78, 5) is 40.8. The highest BCUT2D eigenvalue weighted by Crippen LogP contribution is 2.22.